The number of esters is 1. The average molecular weight is 380 g/mol. The van der Waals surface area contributed by atoms with Crippen molar-refractivity contribution in [1.82, 2.24) is 0 Å². The number of aromatic hydroxyl groups is 1. The lowest BCUT2D eigenvalue weighted by Gasteiger charge is -2.12. The topological polar surface area (TPSA) is 46.5 Å². The van der Waals surface area contributed by atoms with Gasteiger partial charge in [-0.3, -0.25) is 0 Å². The smallest absolute Gasteiger partial charge is 0.339 e. The van der Waals surface area contributed by atoms with Gasteiger partial charge in [-0.05, 0) is 35.4 Å². The third kappa shape index (κ3) is 3.50. The number of carbonyl (C=O) groups excluding carboxylic acids is 1. The van der Waals surface area contributed by atoms with Crippen LogP contribution in [0.25, 0.3) is 33.7 Å². The molecule has 0 aliphatic carbocycles. The summed E-state index contributed by atoms with van der Waals surface area (Å²) in [6, 6.07) is 22.6. The first-order valence-corrected chi connectivity index (χ1v) is 9.34. The zero-order valence-corrected chi connectivity index (χ0v) is 16.1. The molecule has 0 saturated heterocycles. The number of carbonyl (C=O) groups is 1. The van der Waals surface area contributed by atoms with Gasteiger partial charge in [0.15, 0.2) is 0 Å². The third-order valence-electron chi connectivity index (χ3n) is 4.95. The summed E-state index contributed by atoms with van der Waals surface area (Å²) in [4.78, 5) is 12.9. The van der Waals surface area contributed by atoms with Crippen LogP contribution >= 0.6 is 0 Å². The summed E-state index contributed by atoms with van der Waals surface area (Å²) >= 11 is 0. The van der Waals surface area contributed by atoms with Gasteiger partial charge in [-0.15, -0.1) is 0 Å². The molecule has 0 atom stereocenters. The van der Waals surface area contributed by atoms with Crippen molar-refractivity contribution in [3.63, 3.8) is 0 Å². The first kappa shape index (κ1) is 18.5. The van der Waals surface area contributed by atoms with Crippen LogP contribution in [0.3, 0.4) is 0 Å². The minimum absolute atomic E-state index is 0.212. The van der Waals surface area contributed by atoms with Crippen molar-refractivity contribution >= 4 is 39.7 Å². The van der Waals surface area contributed by atoms with Gasteiger partial charge in [-0.2, -0.15) is 0 Å². The lowest BCUT2D eigenvalue weighted by molar-refractivity contribution is -0.129. The van der Waals surface area contributed by atoms with Gasteiger partial charge in [0.05, 0.1) is 0 Å². The second-order valence-electron chi connectivity index (χ2n) is 6.85. The quantitative estimate of drug-likeness (QED) is 0.255. The highest BCUT2D eigenvalue weighted by Gasteiger charge is 2.14. The van der Waals surface area contributed by atoms with Crippen molar-refractivity contribution in [2.24, 2.45) is 0 Å². The number of fused-ring (bicyclic) bond motifs is 2. The molecule has 142 valence electrons. The van der Waals surface area contributed by atoms with Gasteiger partial charge in [0, 0.05) is 21.9 Å². The Morgan fingerprint density at radius 3 is 2.41 bits per heavy atom. The fourth-order valence-corrected chi connectivity index (χ4v) is 3.44. The van der Waals surface area contributed by atoms with Gasteiger partial charge < -0.3 is 9.84 Å². The van der Waals surface area contributed by atoms with E-state index in [1.807, 2.05) is 60.7 Å². The third-order valence-corrected chi connectivity index (χ3v) is 4.95. The Bertz CT molecular complexity index is 1280. The molecule has 0 spiro atoms. The van der Waals surface area contributed by atoms with E-state index < -0.39 is 5.97 Å². The van der Waals surface area contributed by atoms with Crippen LogP contribution in [-0.2, 0) is 4.79 Å². The molecule has 4 rings (SSSR count). The van der Waals surface area contributed by atoms with E-state index in [0.717, 1.165) is 32.7 Å². The van der Waals surface area contributed by atoms with Crippen molar-refractivity contribution < 1.29 is 14.6 Å². The zero-order chi connectivity index (χ0) is 20.4. The van der Waals surface area contributed by atoms with E-state index in [0.29, 0.717) is 11.3 Å². The van der Waals surface area contributed by atoms with Gasteiger partial charge >= 0.3 is 5.97 Å². The summed E-state index contributed by atoms with van der Waals surface area (Å²) in [5.41, 5.74) is 2.07. The summed E-state index contributed by atoms with van der Waals surface area (Å²) < 4.78 is 5.79. The Balaban J connectivity index is 1.73. The minimum atomic E-state index is -0.429. The van der Waals surface area contributed by atoms with Crippen molar-refractivity contribution in [2.75, 3.05) is 0 Å². The molecule has 0 aliphatic heterocycles. The summed E-state index contributed by atoms with van der Waals surface area (Å²) in [5, 5.41) is 13.5. The predicted octanol–water partition coefficient (Wildman–Crippen LogP) is 6.35. The molecule has 0 unspecified atom stereocenters. The Morgan fingerprint density at radius 2 is 1.59 bits per heavy atom. The SMILES string of the molecule is C=Cc1ccc2ccccc2c1OC(=O)C(C)=Cc1cccc2c(O)cccc12. The van der Waals surface area contributed by atoms with Crippen molar-refractivity contribution in [3.05, 3.63) is 96.1 Å². The molecule has 0 heterocycles. The lowest BCUT2D eigenvalue weighted by atomic mass is 10.0. The Morgan fingerprint density at radius 1 is 0.862 bits per heavy atom. The zero-order valence-electron chi connectivity index (χ0n) is 16.1. The number of benzene rings is 4. The van der Waals surface area contributed by atoms with Crippen molar-refractivity contribution in [1.29, 1.82) is 0 Å². The van der Waals surface area contributed by atoms with Crippen LogP contribution in [0, 0.1) is 0 Å². The van der Waals surface area contributed by atoms with Gasteiger partial charge in [0.2, 0.25) is 0 Å². The Hall–Kier alpha value is -3.85. The molecule has 3 heteroatoms. The average Bonchev–Trinajstić information content (AvgIpc) is 2.74. The summed E-state index contributed by atoms with van der Waals surface area (Å²) in [7, 11) is 0. The molecule has 0 aromatic heterocycles. The van der Waals surface area contributed by atoms with Crippen molar-refractivity contribution in [3.8, 4) is 11.5 Å². The molecule has 3 nitrogen and oxygen atoms in total. The van der Waals surface area contributed by atoms with E-state index in [4.69, 9.17) is 4.74 Å². The molecule has 4 aromatic carbocycles. The molecular formula is C26H20O3. The second-order valence-corrected chi connectivity index (χ2v) is 6.85. The van der Waals surface area contributed by atoms with E-state index in [1.54, 1.807) is 31.2 Å². The minimum Gasteiger partial charge on any atom is -0.507 e. The van der Waals surface area contributed by atoms with Crippen molar-refractivity contribution in [2.45, 2.75) is 6.92 Å². The maximum atomic E-state index is 12.9. The molecule has 0 aliphatic rings. The van der Waals surface area contributed by atoms with Gasteiger partial charge in [-0.25, -0.2) is 4.79 Å². The van der Waals surface area contributed by atoms with E-state index in [-0.39, 0.29) is 5.75 Å². The van der Waals surface area contributed by atoms with Gasteiger partial charge in [0.25, 0.3) is 0 Å². The van der Waals surface area contributed by atoms with Crippen LogP contribution in [0.5, 0.6) is 11.5 Å². The number of hydrogen-bond donors (Lipinski definition) is 1. The normalized spacial score (nSPS) is 11.6. The van der Waals surface area contributed by atoms with Gasteiger partial charge in [0.1, 0.15) is 11.5 Å². The molecule has 29 heavy (non-hydrogen) atoms. The first-order chi connectivity index (χ1) is 14.1. The monoisotopic (exact) mass is 380 g/mol. The molecule has 0 saturated carbocycles. The number of ether oxygens (including phenoxy) is 1. The highest BCUT2D eigenvalue weighted by atomic mass is 16.5. The number of phenolic OH excluding ortho intramolecular Hbond substituents is 1. The van der Waals surface area contributed by atoms with Crippen LogP contribution in [-0.4, -0.2) is 11.1 Å². The molecule has 0 bridgehead atoms. The fourth-order valence-electron chi connectivity index (χ4n) is 3.44. The first-order valence-electron chi connectivity index (χ1n) is 9.34. The van der Waals surface area contributed by atoms with E-state index in [2.05, 4.69) is 6.58 Å². The maximum absolute atomic E-state index is 12.9. The standard InChI is InChI=1S/C26H20O3/c1-3-18-14-15-19-8-4-5-10-22(19)25(18)29-26(28)17(2)16-20-9-6-12-23-21(20)11-7-13-24(23)27/h3-16,27H,1H2,2H3. The van der Waals surface area contributed by atoms with E-state index in [1.165, 1.54) is 0 Å². The summed E-state index contributed by atoms with van der Waals surface area (Å²) in [6.07, 6.45) is 3.46. The van der Waals surface area contributed by atoms with E-state index in [9.17, 15) is 9.90 Å². The van der Waals surface area contributed by atoms with Crippen LogP contribution in [0.2, 0.25) is 0 Å². The Labute approximate surface area is 169 Å². The van der Waals surface area contributed by atoms with Crippen LogP contribution < -0.4 is 4.74 Å². The second kappa shape index (κ2) is 7.64. The molecule has 0 radical (unpaired) electrons. The molecule has 4 aromatic rings. The highest BCUT2D eigenvalue weighted by Crippen LogP contribution is 2.32. The lowest BCUT2D eigenvalue weighted by Crippen LogP contribution is -2.10. The van der Waals surface area contributed by atoms with E-state index >= 15 is 0 Å². The van der Waals surface area contributed by atoms with Crippen LogP contribution in [0.4, 0.5) is 0 Å². The van der Waals surface area contributed by atoms with Crippen LogP contribution in [0.15, 0.2) is 84.9 Å². The predicted molar refractivity (Wildman–Crippen MR) is 119 cm³/mol. The fraction of sp³-hybridized carbons (Fsp3) is 0.0385. The number of rotatable bonds is 4. The molecule has 0 fully saturated rings. The highest BCUT2D eigenvalue weighted by molar-refractivity contribution is 6.02. The Kier molecular flexibility index (Phi) is 4.88. The van der Waals surface area contributed by atoms with Gasteiger partial charge in [-0.1, -0.05) is 79.4 Å². The molecule has 1 N–H and O–H groups in total. The molecular weight excluding hydrogens is 360 g/mol. The largest absolute Gasteiger partial charge is 0.507 e. The number of phenols is 1. The summed E-state index contributed by atoms with van der Waals surface area (Å²) in [6.45, 7) is 5.56. The molecule has 0 amide bonds. The maximum Gasteiger partial charge on any atom is 0.339 e. The summed E-state index contributed by atoms with van der Waals surface area (Å²) in [5.74, 6) is 0.289. The number of hydrogen-bond acceptors (Lipinski definition) is 3. The van der Waals surface area contributed by atoms with Crippen LogP contribution in [0.1, 0.15) is 18.1 Å².